The van der Waals surface area contributed by atoms with Crippen molar-refractivity contribution in [2.45, 2.75) is 45.1 Å². The molecule has 2 unspecified atom stereocenters. The Labute approximate surface area is 151 Å². The van der Waals surface area contributed by atoms with Gasteiger partial charge in [0.25, 0.3) is 0 Å². The highest BCUT2D eigenvalue weighted by atomic mass is 19.2. The lowest BCUT2D eigenvalue weighted by Crippen LogP contribution is -2.24. The van der Waals surface area contributed by atoms with E-state index in [0.717, 1.165) is 19.3 Å². The molecule has 0 amide bonds. The molecule has 0 N–H and O–H groups in total. The Morgan fingerprint density at radius 2 is 1.85 bits per heavy atom. The minimum atomic E-state index is -1.06. The van der Waals surface area contributed by atoms with Crippen LogP contribution in [0.5, 0.6) is 5.75 Å². The van der Waals surface area contributed by atoms with Crippen LogP contribution in [0.25, 0.3) is 11.1 Å². The van der Waals surface area contributed by atoms with Crippen molar-refractivity contribution < 1.29 is 22.6 Å². The van der Waals surface area contributed by atoms with Crippen LogP contribution in [0.2, 0.25) is 0 Å². The number of hydrogen-bond donors (Lipinski definition) is 0. The maximum absolute atomic E-state index is 14.6. The topological polar surface area (TPSA) is 18.5 Å². The Balaban J connectivity index is 1.85. The van der Waals surface area contributed by atoms with Crippen molar-refractivity contribution in [2.24, 2.45) is 0 Å². The molecule has 0 aliphatic carbocycles. The predicted molar refractivity (Wildman–Crippen MR) is 94.9 cm³/mol. The summed E-state index contributed by atoms with van der Waals surface area (Å²) in [6.07, 6.45) is 2.97. The third-order valence-corrected chi connectivity index (χ3v) is 4.92. The second-order valence-electron chi connectivity index (χ2n) is 6.55. The van der Waals surface area contributed by atoms with Crippen LogP contribution in [0.4, 0.5) is 13.2 Å². The van der Waals surface area contributed by atoms with Crippen molar-refractivity contribution in [3.8, 4) is 16.9 Å². The van der Waals surface area contributed by atoms with Crippen LogP contribution in [0.15, 0.2) is 30.3 Å². The molecule has 1 fully saturated rings. The summed E-state index contributed by atoms with van der Waals surface area (Å²) in [6.45, 7) is 4.49. The van der Waals surface area contributed by atoms with E-state index in [1.165, 1.54) is 18.2 Å². The van der Waals surface area contributed by atoms with Crippen LogP contribution in [-0.4, -0.2) is 19.3 Å². The standard InChI is InChI=1S/C21H23F3O2/c1-3-15-7-5-14(12-26-15)16-8-6-13(11-18(16)22)17-9-10-19(25-4-2)21(24)20(17)23/h6,8-11,14-15H,3-5,7,12H2,1-2H3. The highest BCUT2D eigenvalue weighted by Crippen LogP contribution is 2.34. The second kappa shape index (κ2) is 8.12. The van der Waals surface area contributed by atoms with E-state index in [0.29, 0.717) is 17.7 Å². The van der Waals surface area contributed by atoms with Gasteiger partial charge in [0.15, 0.2) is 11.6 Å². The SMILES string of the molecule is CCOc1ccc(-c2ccc(C3CCC(CC)OC3)c(F)c2)c(F)c1F. The molecule has 1 saturated heterocycles. The van der Waals surface area contributed by atoms with Gasteiger partial charge in [-0.1, -0.05) is 19.1 Å². The van der Waals surface area contributed by atoms with Crippen LogP contribution in [-0.2, 0) is 4.74 Å². The number of benzene rings is 2. The zero-order chi connectivity index (χ0) is 18.7. The largest absolute Gasteiger partial charge is 0.491 e. The molecular weight excluding hydrogens is 341 g/mol. The van der Waals surface area contributed by atoms with Gasteiger partial charge in [0.2, 0.25) is 5.82 Å². The van der Waals surface area contributed by atoms with Gasteiger partial charge in [-0.25, -0.2) is 8.78 Å². The Morgan fingerprint density at radius 3 is 2.46 bits per heavy atom. The fourth-order valence-electron chi connectivity index (χ4n) is 3.42. The minimum absolute atomic E-state index is 0.00577. The van der Waals surface area contributed by atoms with E-state index in [2.05, 4.69) is 6.92 Å². The maximum Gasteiger partial charge on any atom is 0.201 e. The average molecular weight is 364 g/mol. The predicted octanol–water partition coefficient (Wildman–Crippen LogP) is 5.84. The molecule has 3 rings (SSSR count). The summed E-state index contributed by atoms with van der Waals surface area (Å²) in [7, 11) is 0. The zero-order valence-electron chi connectivity index (χ0n) is 15.0. The third-order valence-electron chi connectivity index (χ3n) is 4.92. The Morgan fingerprint density at radius 1 is 1.04 bits per heavy atom. The highest BCUT2D eigenvalue weighted by molar-refractivity contribution is 5.66. The fraction of sp³-hybridized carbons (Fsp3) is 0.429. The van der Waals surface area contributed by atoms with E-state index in [4.69, 9.17) is 9.47 Å². The van der Waals surface area contributed by atoms with E-state index < -0.39 is 17.5 Å². The van der Waals surface area contributed by atoms with E-state index in [9.17, 15) is 13.2 Å². The van der Waals surface area contributed by atoms with Crippen LogP contribution >= 0.6 is 0 Å². The summed E-state index contributed by atoms with van der Waals surface area (Å²) >= 11 is 0. The Hall–Kier alpha value is -2.01. The molecule has 0 aromatic heterocycles. The molecule has 0 radical (unpaired) electrons. The van der Waals surface area contributed by atoms with Gasteiger partial charge >= 0.3 is 0 Å². The van der Waals surface area contributed by atoms with Gasteiger partial charge in [0.05, 0.1) is 19.3 Å². The van der Waals surface area contributed by atoms with Gasteiger partial charge < -0.3 is 9.47 Å². The third kappa shape index (κ3) is 3.73. The van der Waals surface area contributed by atoms with Gasteiger partial charge in [-0.3, -0.25) is 0 Å². The van der Waals surface area contributed by atoms with E-state index in [1.807, 2.05) is 0 Å². The zero-order valence-corrected chi connectivity index (χ0v) is 15.0. The lowest BCUT2D eigenvalue weighted by Gasteiger charge is -2.29. The first-order chi connectivity index (χ1) is 12.5. The monoisotopic (exact) mass is 364 g/mol. The molecule has 0 saturated carbocycles. The van der Waals surface area contributed by atoms with E-state index >= 15 is 0 Å². The molecule has 140 valence electrons. The lowest BCUT2D eigenvalue weighted by molar-refractivity contribution is 0.00141. The van der Waals surface area contributed by atoms with Crippen molar-refractivity contribution in [1.82, 2.24) is 0 Å². The van der Waals surface area contributed by atoms with Crippen LogP contribution < -0.4 is 4.74 Å². The van der Waals surface area contributed by atoms with Gasteiger partial charge in [0, 0.05) is 11.5 Å². The number of ether oxygens (including phenoxy) is 2. The second-order valence-corrected chi connectivity index (χ2v) is 6.55. The average Bonchev–Trinajstić information content (AvgIpc) is 2.66. The summed E-state index contributed by atoms with van der Waals surface area (Å²) in [5.41, 5.74) is 0.881. The molecule has 0 bridgehead atoms. The van der Waals surface area contributed by atoms with Gasteiger partial charge in [-0.05, 0) is 55.5 Å². The van der Waals surface area contributed by atoms with Crippen molar-refractivity contribution in [3.63, 3.8) is 0 Å². The lowest BCUT2D eigenvalue weighted by atomic mass is 9.89. The minimum Gasteiger partial charge on any atom is -0.491 e. The maximum atomic E-state index is 14.6. The van der Waals surface area contributed by atoms with Crippen molar-refractivity contribution in [3.05, 3.63) is 53.3 Å². The summed E-state index contributed by atoms with van der Waals surface area (Å²) in [4.78, 5) is 0. The molecule has 2 aromatic rings. The number of rotatable bonds is 5. The molecular formula is C21H23F3O2. The first-order valence-corrected chi connectivity index (χ1v) is 9.07. The molecule has 1 aliphatic heterocycles. The Kier molecular flexibility index (Phi) is 5.87. The molecule has 2 nitrogen and oxygen atoms in total. The van der Waals surface area contributed by atoms with Crippen molar-refractivity contribution in [1.29, 1.82) is 0 Å². The number of halogens is 3. The van der Waals surface area contributed by atoms with Crippen LogP contribution in [0.1, 0.15) is 44.6 Å². The quantitative estimate of drug-likeness (QED) is 0.663. The molecule has 2 aromatic carbocycles. The number of hydrogen-bond acceptors (Lipinski definition) is 2. The first kappa shape index (κ1) is 18.8. The smallest absolute Gasteiger partial charge is 0.201 e. The highest BCUT2D eigenvalue weighted by Gasteiger charge is 2.24. The summed E-state index contributed by atoms with van der Waals surface area (Å²) in [5.74, 6) is -2.65. The van der Waals surface area contributed by atoms with Gasteiger partial charge in [-0.15, -0.1) is 0 Å². The first-order valence-electron chi connectivity index (χ1n) is 9.07. The molecule has 5 heteroatoms. The molecule has 1 aliphatic rings. The van der Waals surface area contributed by atoms with Gasteiger partial charge in [-0.2, -0.15) is 4.39 Å². The summed E-state index contributed by atoms with van der Waals surface area (Å²) in [5, 5.41) is 0. The van der Waals surface area contributed by atoms with E-state index in [-0.39, 0.29) is 29.9 Å². The van der Waals surface area contributed by atoms with Crippen molar-refractivity contribution >= 4 is 0 Å². The fourth-order valence-corrected chi connectivity index (χ4v) is 3.42. The molecule has 26 heavy (non-hydrogen) atoms. The van der Waals surface area contributed by atoms with Crippen LogP contribution in [0, 0.1) is 17.5 Å². The summed E-state index contributed by atoms with van der Waals surface area (Å²) < 4.78 is 53.8. The molecule has 1 heterocycles. The molecule has 0 spiro atoms. The van der Waals surface area contributed by atoms with E-state index in [1.54, 1.807) is 19.1 Å². The normalized spacial score (nSPS) is 20.2. The van der Waals surface area contributed by atoms with Crippen molar-refractivity contribution in [2.75, 3.05) is 13.2 Å². The van der Waals surface area contributed by atoms with Crippen LogP contribution in [0.3, 0.4) is 0 Å². The van der Waals surface area contributed by atoms with Gasteiger partial charge in [0.1, 0.15) is 5.82 Å². The molecule has 2 atom stereocenters. The Bertz CT molecular complexity index is 768. The summed E-state index contributed by atoms with van der Waals surface area (Å²) in [6, 6.07) is 7.32.